The molecule has 0 amide bonds. The summed E-state index contributed by atoms with van der Waals surface area (Å²) in [5.74, 6) is 0. The van der Waals surface area contributed by atoms with Gasteiger partial charge >= 0.3 is 0 Å². The van der Waals surface area contributed by atoms with Crippen LogP contribution in [0, 0.1) is 41.5 Å². The number of benzene rings is 2. The molecule has 0 fully saturated rings. The van der Waals surface area contributed by atoms with E-state index in [1.807, 2.05) is 0 Å². The lowest BCUT2D eigenvalue weighted by Gasteiger charge is -2.20. The Labute approximate surface area is 165 Å². The second-order valence-electron chi connectivity index (χ2n) is 8.17. The van der Waals surface area contributed by atoms with Crippen LogP contribution in [0.1, 0.15) is 69.4 Å². The standard InChI is InChI=1S/C24H37N3/c1-15-11-17(3)23(18(4)12-15)21(25)7-9-27-10-8-22(26)24-19(5)13-16(2)14-20(24)6/h11-14,21-22,27H,7-10,25-26H2,1-6H3. The first-order chi connectivity index (χ1) is 12.7. The fourth-order valence-corrected chi connectivity index (χ4v) is 4.48. The summed E-state index contributed by atoms with van der Waals surface area (Å²) in [5.41, 5.74) is 23.3. The zero-order chi connectivity index (χ0) is 20.1. The zero-order valence-electron chi connectivity index (χ0n) is 17.9. The van der Waals surface area contributed by atoms with Crippen molar-refractivity contribution >= 4 is 0 Å². The van der Waals surface area contributed by atoms with Gasteiger partial charge in [-0.05, 0) is 101 Å². The van der Waals surface area contributed by atoms with Crippen molar-refractivity contribution in [3.63, 3.8) is 0 Å². The number of hydrogen-bond donors (Lipinski definition) is 3. The van der Waals surface area contributed by atoms with E-state index in [0.29, 0.717) is 0 Å². The Morgan fingerprint density at radius 3 is 1.22 bits per heavy atom. The van der Waals surface area contributed by atoms with E-state index in [1.165, 1.54) is 44.5 Å². The summed E-state index contributed by atoms with van der Waals surface area (Å²) in [6.45, 7) is 14.7. The molecule has 0 aliphatic rings. The highest BCUT2D eigenvalue weighted by Gasteiger charge is 2.14. The average molecular weight is 368 g/mol. The third-order valence-electron chi connectivity index (χ3n) is 5.48. The van der Waals surface area contributed by atoms with Crippen LogP contribution in [0.4, 0.5) is 0 Å². The molecular formula is C24H37N3. The first-order valence-corrected chi connectivity index (χ1v) is 10.1. The van der Waals surface area contributed by atoms with Gasteiger partial charge < -0.3 is 16.8 Å². The summed E-state index contributed by atoms with van der Waals surface area (Å²) in [4.78, 5) is 0. The predicted octanol–water partition coefficient (Wildman–Crippen LogP) is 4.61. The zero-order valence-corrected chi connectivity index (χ0v) is 17.9. The highest BCUT2D eigenvalue weighted by molar-refractivity contribution is 5.40. The first kappa shape index (κ1) is 21.6. The predicted molar refractivity (Wildman–Crippen MR) is 117 cm³/mol. The smallest absolute Gasteiger partial charge is 0.0312 e. The summed E-state index contributed by atoms with van der Waals surface area (Å²) in [7, 11) is 0. The van der Waals surface area contributed by atoms with Crippen LogP contribution in [0.5, 0.6) is 0 Å². The van der Waals surface area contributed by atoms with Gasteiger partial charge in [0.15, 0.2) is 0 Å². The molecule has 0 spiro atoms. The minimum absolute atomic E-state index is 0.0772. The molecular weight excluding hydrogens is 330 g/mol. The second kappa shape index (κ2) is 9.50. The van der Waals surface area contributed by atoms with Gasteiger partial charge in [-0.25, -0.2) is 0 Å². The average Bonchev–Trinajstić information content (AvgIpc) is 2.52. The van der Waals surface area contributed by atoms with Crippen molar-refractivity contribution in [1.82, 2.24) is 5.32 Å². The fourth-order valence-electron chi connectivity index (χ4n) is 4.48. The largest absolute Gasteiger partial charge is 0.324 e. The minimum Gasteiger partial charge on any atom is -0.324 e. The van der Waals surface area contributed by atoms with Crippen molar-refractivity contribution in [2.45, 2.75) is 66.5 Å². The number of hydrogen-bond acceptors (Lipinski definition) is 3. The van der Waals surface area contributed by atoms with E-state index in [2.05, 4.69) is 71.1 Å². The van der Waals surface area contributed by atoms with E-state index >= 15 is 0 Å². The third-order valence-corrected chi connectivity index (χ3v) is 5.48. The Kier molecular flexibility index (Phi) is 7.60. The Morgan fingerprint density at radius 1 is 0.630 bits per heavy atom. The molecule has 0 bridgehead atoms. The third kappa shape index (κ3) is 5.65. The molecule has 0 saturated carbocycles. The lowest BCUT2D eigenvalue weighted by molar-refractivity contribution is 0.538. The van der Waals surface area contributed by atoms with E-state index < -0.39 is 0 Å². The van der Waals surface area contributed by atoms with E-state index in [0.717, 1.165) is 25.9 Å². The molecule has 5 N–H and O–H groups in total. The van der Waals surface area contributed by atoms with E-state index in [9.17, 15) is 0 Å². The fraction of sp³-hybridized carbons (Fsp3) is 0.500. The van der Waals surface area contributed by atoms with Crippen LogP contribution in [-0.4, -0.2) is 13.1 Å². The number of nitrogens with two attached hydrogens (primary N) is 2. The van der Waals surface area contributed by atoms with Gasteiger partial charge in [-0.1, -0.05) is 35.4 Å². The molecule has 2 rings (SSSR count). The van der Waals surface area contributed by atoms with Crippen LogP contribution in [0.3, 0.4) is 0 Å². The van der Waals surface area contributed by atoms with Crippen LogP contribution in [-0.2, 0) is 0 Å². The molecule has 148 valence electrons. The van der Waals surface area contributed by atoms with Crippen LogP contribution < -0.4 is 16.8 Å². The maximum absolute atomic E-state index is 6.47. The maximum Gasteiger partial charge on any atom is 0.0312 e. The van der Waals surface area contributed by atoms with Gasteiger partial charge in [0.05, 0.1) is 0 Å². The summed E-state index contributed by atoms with van der Waals surface area (Å²) in [5, 5.41) is 3.53. The molecule has 2 aromatic rings. The molecule has 2 atom stereocenters. The van der Waals surface area contributed by atoms with Crippen LogP contribution >= 0.6 is 0 Å². The Bertz CT molecular complexity index is 668. The monoisotopic (exact) mass is 367 g/mol. The van der Waals surface area contributed by atoms with Crippen molar-refractivity contribution in [3.8, 4) is 0 Å². The van der Waals surface area contributed by atoms with Crippen molar-refractivity contribution in [2.24, 2.45) is 11.5 Å². The van der Waals surface area contributed by atoms with Gasteiger partial charge in [0, 0.05) is 12.1 Å². The molecule has 0 heterocycles. The molecule has 0 aliphatic heterocycles. The first-order valence-electron chi connectivity index (χ1n) is 10.1. The number of aryl methyl sites for hydroxylation is 6. The topological polar surface area (TPSA) is 64.1 Å². The van der Waals surface area contributed by atoms with Crippen LogP contribution in [0.15, 0.2) is 24.3 Å². The van der Waals surface area contributed by atoms with Gasteiger partial charge in [0.25, 0.3) is 0 Å². The highest BCUT2D eigenvalue weighted by atomic mass is 14.9. The van der Waals surface area contributed by atoms with E-state index in [1.54, 1.807) is 0 Å². The minimum atomic E-state index is 0.0772. The van der Waals surface area contributed by atoms with Crippen molar-refractivity contribution in [3.05, 3.63) is 68.8 Å². The van der Waals surface area contributed by atoms with Crippen LogP contribution in [0.25, 0.3) is 0 Å². The summed E-state index contributed by atoms with van der Waals surface area (Å²) in [6, 6.07) is 9.05. The number of rotatable bonds is 8. The van der Waals surface area contributed by atoms with E-state index in [-0.39, 0.29) is 12.1 Å². The molecule has 0 saturated heterocycles. The van der Waals surface area contributed by atoms with Gasteiger partial charge in [0.2, 0.25) is 0 Å². The van der Waals surface area contributed by atoms with Crippen LogP contribution in [0.2, 0.25) is 0 Å². The normalized spacial score (nSPS) is 13.6. The molecule has 0 radical (unpaired) electrons. The van der Waals surface area contributed by atoms with E-state index in [4.69, 9.17) is 11.5 Å². The second-order valence-corrected chi connectivity index (χ2v) is 8.17. The summed E-state index contributed by atoms with van der Waals surface area (Å²) in [6.07, 6.45) is 1.87. The molecule has 0 aliphatic carbocycles. The highest BCUT2D eigenvalue weighted by Crippen LogP contribution is 2.25. The van der Waals surface area contributed by atoms with Crippen molar-refractivity contribution < 1.29 is 0 Å². The summed E-state index contributed by atoms with van der Waals surface area (Å²) < 4.78 is 0. The molecule has 27 heavy (non-hydrogen) atoms. The molecule has 3 nitrogen and oxygen atoms in total. The SMILES string of the molecule is Cc1cc(C)c(C(N)CCNCCC(N)c2c(C)cc(C)cc2C)c(C)c1. The molecule has 2 unspecified atom stereocenters. The number of nitrogens with one attached hydrogen (secondary N) is 1. The lowest BCUT2D eigenvalue weighted by Crippen LogP contribution is -2.26. The van der Waals surface area contributed by atoms with Gasteiger partial charge in [0.1, 0.15) is 0 Å². The van der Waals surface area contributed by atoms with Gasteiger partial charge in [-0.15, -0.1) is 0 Å². The Morgan fingerprint density at radius 2 is 0.926 bits per heavy atom. The van der Waals surface area contributed by atoms with Gasteiger partial charge in [-0.2, -0.15) is 0 Å². The van der Waals surface area contributed by atoms with Crippen molar-refractivity contribution in [2.75, 3.05) is 13.1 Å². The maximum atomic E-state index is 6.47. The van der Waals surface area contributed by atoms with Gasteiger partial charge in [-0.3, -0.25) is 0 Å². The summed E-state index contributed by atoms with van der Waals surface area (Å²) >= 11 is 0. The lowest BCUT2D eigenvalue weighted by atomic mass is 9.92. The molecule has 0 aromatic heterocycles. The Balaban J connectivity index is 1.82. The molecule has 3 heteroatoms. The molecule has 2 aromatic carbocycles. The quantitative estimate of drug-likeness (QED) is 0.597. The van der Waals surface area contributed by atoms with Crippen molar-refractivity contribution in [1.29, 1.82) is 0 Å². The Hall–Kier alpha value is -1.68.